The minimum Gasteiger partial charge on any atom is -0.306 e. The van der Waals surface area contributed by atoms with Gasteiger partial charge in [-0.05, 0) is 37.3 Å². The zero-order valence-electron chi connectivity index (χ0n) is 13.9. The van der Waals surface area contributed by atoms with Gasteiger partial charge in [0.1, 0.15) is 5.65 Å². The Morgan fingerprint density at radius 3 is 2.92 bits per heavy atom. The van der Waals surface area contributed by atoms with Crippen LogP contribution in [0.2, 0.25) is 0 Å². The fourth-order valence-corrected chi connectivity index (χ4v) is 3.32. The third-order valence-electron chi connectivity index (χ3n) is 4.76. The van der Waals surface area contributed by atoms with Crippen LogP contribution in [-0.2, 0) is 6.54 Å². The van der Waals surface area contributed by atoms with Crippen molar-refractivity contribution in [3.05, 3.63) is 70.4 Å². The molecule has 124 valence electrons. The normalized spacial score (nSPS) is 14.4. The molecule has 4 aromatic heterocycles. The second-order valence-corrected chi connectivity index (χ2v) is 6.78. The summed E-state index contributed by atoms with van der Waals surface area (Å²) in [4.78, 5) is 26.2. The second kappa shape index (κ2) is 5.24. The van der Waals surface area contributed by atoms with Crippen molar-refractivity contribution < 1.29 is 0 Å². The molecule has 0 atom stereocenters. The monoisotopic (exact) mass is 331 g/mol. The van der Waals surface area contributed by atoms with Crippen LogP contribution in [-0.4, -0.2) is 23.9 Å². The van der Waals surface area contributed by atoms with Gasteiger partial charge >= 0.3 is 0 Å². The molecule has 0 radical (unpaired) electrons. The molecule has 0 unspecified atom stereocenters. The number of imidazole rings is 1. The molecule has 6 heteroatoms. The Kier molecular flexibility index (Phi) is 3.00. The highest BCUT2D eigenvalue weighted by molar-refractivity contribution is 5.80. The molecule has 0 N–H and O–H groups in total. The Hall–Kier alpha value is -3.02. The van der Waals surface area contributed by atoms with Gasteiger partial charge in [-0.3, -0.25) is 14.3 Å². The fourth-order valence-electron chi connectivity index (χ4n) is 3.32. The van der Waals surface area contributed by atoms with Gasteiger partial charge in [0.15, 0.2) is 0 Å². The number of aromatic nitrogens is 5. The first-order valence-corrected chi connectivity index (χ1v) is 8.46. The lowest BCUT2D eigenvalue weighted by atomic mass is 10.1. The quantitative estimate of drug-likeness (QED) is 0.579. The van der Waals surface area contributed by atoms with Crippen molar-refractivity contribution in [1.29, 1.82) is 0 Å². The maximum Gasteiger partial charge on any atom is 0.263 e. The largest absolute Gasteiger partial charge is 0.306 e. The van der Waals surface area contributed by atoms with Crippen LogP contribution >= 0.6 is 0 Å². The molecule has 4 aromatic rings. The molecule has 0 aliphatic heterocycles. The number of nitrogens with zero attached hydrogens (tertiary/aromatic N) is 5. The summed E-state index contributed by atoms with van der Waals surface area (Å²) in [6, 6.07) is 4.01. The molecular weight excluding hydrogens is 314 g/mol. The van der Waals surface area contributed by atoms with Crippen LogP contribution < -0.4 is 5.56 Å². The molecule has 0 aromatic carbocycles. The third-order valence-corrected chi connectivity index (χ3v) is 4.76. The minimum atomic E-state index is -0.0618. The molecular formula is C19H17N5O. The topological polar surface area (TPSA) is 65.1 Å². The highest BCUT2D eigenvalue weighted by atomic mass is 16.1. The molecule has 4 heterocycles. The fraction of sp³-hybridized carbons (Fsp3) is 0.263. The minimum absolute atomic E-state index is 0.0618. The van der Waals surface area contributed by atoms with Gasteiger partial charge in [0.2, 0.25) is 0 Å². The Bertz CT molecular complexity index is 1170. The van der Waals surface area contributed by atoms with Gasteiger partial charge in [0.05, 0.1) is 29.5 Å². The van der Waals surface area contributed by atoms with Crippen molar-refractivity contribution in [3.8, 4) is 0 Å². The Balaban J connectivity index is 1.58. The number of rotatable bonds is 3. The van der Waals surface area contributed by atoms with Gasteiger partial charge in [-0.1, -0.05) is 6.07 Å². The molecule has 1 fully saturated rings. The molecule has 5 rings (SSSR count). The lowest BCUT2D eigenvalue weighted by molar-refractivity contribution is 0.733. The molecule has 1 aliphatic carbocycles. The Morgan fingerprint density at radius 1 is 1.20 bits per heavy atom. The van der Waals surface area contributed by atoms with Crippen LogP contribution in [0, 0.1) is 6.92 Å². The summed E-state index contributed by atoms with van der Waals surface area (Å²) in [5.74, 6) is 0.514. The number of pyridine rings is 2. The Labute approximate surface area is 143 Å². The van der Waals surface area contributed by atoms with Crippen molar-refractivity contribution >= 4 is 16.6 Å². The lowest BCUT2D eigenvalue weighted by Crippen LogP contribution is -2.21. The number of fused-ring (bicyclic) bond motifs is 2. The van der Waals surface area contributed by atoms with E-state index < -0.39 is 0 Å². The molecule has 0 saturated heterocycles. The van der Waals surface area contributed by atoms with E-state index in [-0.39, 0.29) is 5.56 Å². The number of hydrogen-bond donors (Lipinski definition) is 0. The molecule has 0 spiro atoms. The molecule has 0 bridgehead atoms. The Morgan fingerprint density at radius 2 is 2.08 bits per heavy atom. The smallest absolute Gasteiger partial charge is 0.263 e. The average molecular weight is 331 g/mol. The SMILES string of the molecule is Cc1ccc2nc(Cn3cnc4c(C5CC5)cncc4c3=O)cn2c1. The van der Waals surface area contributed by atoms with Gasteiger partial charge in [-0.2, -0.15) is 0 Å². The van der Waals surface area contributed by atoms with Crippen molar-refractivity contribution in [1.82, 2.24) is 23.9 Å². The van der Waals surface area contributed by atoms with Crippen LogP contribution in [0.1, 0.15) is 35.6 Å². The van der Waals surface area contributed by atoms with Crippen molar-refractivity contribution in [2.75, 3.05) is 0 Å². The molecule has 0 amide bonds. The van der Waals surface area contributed by atoms with Crippen LogP contribution in [0.15, 0.2) is 48.0 Å². The highest BCUT2D eigenvalue weighted by Crippen LogP contribution is 2.41. The van der Waals surface area contributed by atoms with Gasteiger partial charge in [0, 0.05) is 30.4 Å². The zero-order chi connectivity index (χ0) is 17.0. The summed E-state index contributed by atoms with van der Waals surface area (Å²) in [5, 5.41) is 0.589. The first kappa shape index (κ1) is 14.3. The van der Waals surface area contributed by atoms with Gasteiger partial charge in [-0.15, -0.1) is 0 Å². The van der Waals surface area contributed by atoms with Crippen molar-refractivity contribution in [2.45, 2.75) is 32.2 Å². The summed E-state index contributed by atoms with van der Waals surface area (Å²) in [6.45, 7) is 2.44. The van der Waals surface area contributed by atoms with E-state index in [0.29, 0.717) is 17.8 Å². The van der Waals surface area contributed by atoms with Gasteiger partial charge in [0.25, 0.3) is 5.56 Å². The van der Waals surface area contributed by atoms with Crippen molar-refractivity contribution in [2.24, 2.45) is 0 Å². The molecule has 25 heavy (non-hydrogen) atoms. The van der Waals surface area contributed by atoms with E-state index in [1.807, 2.05) is 42.0 Å². The van der Waals surface area contributed by atoms with E-state index >= 15 is 0 Å². The van der Waals surface area contributed by atoms with E-state index in [1.165, 1.54) is 5.56 Å². The average Bonchev–Trinajstić information content (AvgIpc) is 3.37. The first-order valence-electron chi connectivity index (χ1n) is 8.46. The van der Waals surface area contributed by atoms with Crippen molar-refractivity contribution in [3.63, 3.8) is 0 Å². The standard InChI is InChI=1S/C19H17N5O/c1-12-2-5-17-22-14(9-23(17)8-12)10-24-11-21-18-15(13-3-4-13)6-20-7-16(18)19(24)25/h2,5-9,11,13H,3-4,10H2,1H3. The predicted octanol–water partition coefficient (Wildman–Crippen LogP) is 2.67. The predicted molar refractivity (Wildman–Crippen MR) is 94.8 cm³/mol. The lowest BCUT2D eigenvalue weighted by Gasteiger charge is -2.07. The summed E-state index contributed by atoms with van der Waals surface area (Å²) in [5.41, 5.74) is 4.71. The maximum absolute atomic E-state index is 12.8. The maximum atomic E-state index is 12.8. The van der Waals surface area contributed by atoms with Crippen LogP contribution in [0.5, 0.6) is 0 Å². The van der Waals surface area contributed by atoms with Crippen LogP contribution in [0.25, 0.3) is 16.6 Å². The first-order chi connectivity index (χ1) is 12.2. The summed E-state index contributed by atoms with van der Waals surface area (Å²) in [6.07, 6.45) is 11.4. The van der Waals surface area contributed by atoms with E-state index in [9.17, 15) is 4.79 Å². The molecule has 1 aliphatic rings. The van der Waals surface area contributed by atoms with Gasteiger partial charge < -0.3 is 4.40 Å². The van der Waals surface area contributed by atoms with E-state index in [2.05, 4.69) is 15.0 Å². The zero-order valence-corrected chi connectivity index (χ0v) is 13.9. The van der Waals surface area contributed by atoms with Crippen LogP contribution in [0.3, 0.4) is 0 Å². The van der Waals surface area contributed by atoms with E-state index in [0.717, 1.165) is 35.3 Å². The van der Waals surface area contributed by atoms with Gasteiger partial charge in [-0.25, -0.2) is 9.97 Å². The van der Waals surface area contributed by atoms with Crippen LogP contribution in [0.4, 0.5) is 0 Å². The number of aryl methyl sites for hydroxylation is 1. The highest BCUT2D eigenvalue weighted by Gasteiger charge is 2.26. The third kappa shape index (κ3) is 2.41. The second-order valence-electron chi connectivity index (χ2n) is 6.78. The molecule has 1 saturated carbocycles. The van der Waals surface area contributed by atoms with E-state index in [1.54, 1.807) is 17.1 Å². The summed E-state index contributed by atoms with van der Waals surface area (Å²) < 4.78 is 3.59. The summed E-state index contributed by atoms with van der Waals surface area (Å²) >= 11 is 0. The summed E-state index contributed by atoms with van der Waals surface area (Å²) in [7, 11) is 0. The van der Waals surface area contributed by atoms with E-state index in [4.69, 9.17) is 0 Å². The molecule has 6 nitrogen and oxygen atoms in total. The number of hydrogen-bond acceptors (Lipinski definition) is 4.